The third-order valence-electron chi connectivity index (χ3n) is 3.30. The van der Waals surface area contributed by atoms with Crippen molar-refractivity contribution in [2.75, 3.05) is 26.7 Å². The molecule has 2 heterocycles. The number of amides is 1. The number of H-pyrrole nitrogens is 1. The van der Waals surface area contributed by atoms with Gasteiger partial charge in [0.25, 0.3) is 11.5 Å². The Labute approximate surface area is 105 Å². The molecule has 1 aromatic rings. The lowest BCUT2D eigenvalue weighted by Gasteiger charge is -2.28. The summed E-state index contributed by atoms with van der Waals surface area (Å²) in [6, 6.07) is 2.74. The number of aromatic amines is 1. The average molecular weight is 250 g/mol. The van der Waals surface area contributed by atoms with Crippen molar-refractivity contribution in [1.29, 1.82) is 0 Å². The van der Waals surface area contributed by atoms with Gasteiger partial charge in [0, 0.05) is 12.6 Å². The number of likely N-dealkylation sites (tertiary alicyclic amines) is 1. The molecule has 0 saturated carbocycles. The van der Waals surface area contributed by atoms with Crippen molar-refractivity contribution in [3.63, 3.8) is 0 Å². The fourth-order valence-electron chi connectivity index (χ4n) is 2.06. The molecule has 0 bridgehead atoms. The molecule has 1 aliphatic rings. The number of rotatable bonds is 3. The van der Waals surface area contributed by atoms with Crippen LogP contribution in [-0.4, -0.2) is 47.7 Å². The molecule has 0 aromatic carbocycles. The van der Waals surface area contributed by atoms with Gasteiger partial charge in [-0.2, -0.15) is 5.10 Å². The summed E-state index contributed by atoms with van der Waals surface area (Å²) in [5, 5.41) is 8.81. The van der Waals surface area contributed by atoms with Gasteiger partial charge in [0.2, 0.25) is 0 Å². The quantitative estimate of drug-likeness (QED) is 0.781. The largest absolute Gasteiger partial charge is 0.350 e. The maximum atomic E-state index is 11.8. The minimum absolute atomic E-state index is 0.231. The molecule has 1 amide bonds. The zero-order valence-electron chi connectivity index (χ0n) is 10.5. The minimum atomic E-state index is -0.304. The summed E-state index contributed by atoms with van der Waals surface area (Å²) in [6.07, 6.45) is 2.21. The maximum absolute atomic E-state index is 11.8. The van der Waals surface area contributed by atoms with E-state index in [4.69, 9.17) is 0 Å². The summed E-state index contributed by atoms with van der Waals surface area (Å²) >= 11 is 0. The van der Waals surface area contributed by atoms with Crippen LogP contribution in [0.2, 0.25) is 0 Å². The van der Waals surface area contributed by atoms with Gasteiger partial charge in [-0.1, -0.05) is 0 Å². The molecule has 1 fully saturated rings. The number of carbonyl (C=O) groups excluding carboxylic acids is 1. The van der Waals surface area contributed by atoms with Crippen molar-refractivity contribution in [3.05, 3.63) is 28.2 Å². The van der Waals surface area contributed by atoms with Crippen LogP contribution < -0.4 is 10.9 Å². The number of hydrogen-bond acceptors (Lipinski definition) is 4. The third-order valence-corrected chi connectivity index (χ3v) is 3.30. The van der Waals surface area contributed by atoms with Crippen molar-refractivity contribution < 1.29 is 4.79 Å². The van der Waals surface area contributed by atoms with Gasteiger partial charge in [0.1, 0.15) is 5.69 Å². The number of nitrogens with one attached hydrogen (secondary N) is 2. The Bertz CT molecular complexity index is 443. The summed E-state index contributed by atoms with van der Waals surface area (Å²) in [6.45, 7) is 2.84. The van der Waals surface area contributed by atoms with E-state index in [9.17, 15) is 9.59 Å². The Balaban J connectivity index is 1.81. The van der Waals surface area contributed by atoms with Gasteiger partial charge in [-0.15, -0.1) is 0 Å². The summed E-state index contributed by atoms with van der Waals surface area (Å²) in [5.41, 5.74) is -0.0515. The number of carbonyl (C=O) groups is 1. The van der Waals surface area contributed by atoms with Crippen LogP contribution in [0.3, 0.4) is 0 Å². The van der Waals surface area contributed by atoms with E-state index in [2.05, 4.69) is 27.5 Å². The lowest BCUT2D eigenvalue weighted by atomic mass is 9.97. The molecule has 6 nitrogen and oxygen atoms in total. The lowest BCUT2D eigenvalue weighted by molar-refractivity contribution is 0.0933. The Morgan fingerprint density at radius 2 is 2.22 bits per heavy atom. The number of nitrogens with zero attached hydrogens (tertiary/aromatic N) is 2. The maximum Gasteiger partial charge on any atom is 0.271 e. The SMILES string of the molecule is CN1CCC(CNC(=O)c2ccc(=O)[nH]n2)CC1. The molecule has 0 spiro atoms. The van der Waals surface area contributed by atoms with Gasteiger partial charge in [-0.05, 0) is 45.0 Å². The highest BCUT2D eigenvalue weighted by Gasteiger charge is 2.17. The zero-order chi connectivity index (χ0) is 13.0. The van der Waals surface area contributed by atoms with E-state index in [1.165, 1.54) is 12.1 Å². The topological polar surface area (TPSA) is 78.1 Å². The Kier molecular flexibility index (Phi) is 4.09. The average Bonchev–Trinajstić information content (AvgIpc) is 2.38. The van der Waals surface area contributed by atoms with Crippen LogP contribution in [0.5, 0.6) is 0 Å². The van der Waals surface area contributed by atoms with E-state index in [1.807, 2.05) is 0 Å². The lowest BCUT2D eigenvalue weighted by Crippen LogP contribution is -2.37. The van der Waals surface area contributed by atoms with Crippen molar-refractivity contribution in [2.24, 2.45) is 5.92 Å². The van der Waals surface area contributed by atoms with E-state index in [0.717, 1.165) is 25.9 Å². The zero-order valence-corrected chi connectivity index (χ0v) is 10.5. The van der Waals surface area contributed by atoms with Crippen LogP contribution in [-0.2, 0) is 0 Å². The minimum Gasteiger partial charge on any atom is -0.350 e. The van der Waals surface area contributed by atoms with Gasteiger partial charge in [0.15, 0.2) is 0 Å². The number of aromatic nitrogens is 2. The van der Waals surface area contributed by atoms with Crippen molar-refractivity contribution >= 4 is 5.91 Å². The molecule has 2 rings (SSSR count). The van der Waals surface area contributed by atoms with Gasteiger partial charge in [-0.25, -0.2) is 5.10 Å². The van der Waals surface area contributed by atoms with Crippen LogP contribution >= 0.6 is 0 Å². The van der Waals surface area contributed by atoms with Crippen molar-refractivity contribution in [3.8, 4) is 0 Å². The van der Waals surface area contributed by atoms with Gasteiger partial charge < -0.3 is 10.2 Å². The van der Waals surface area contributed by atoms with Gasteiger partial charge in [0.05, 0.1) is 0 Å². The normalized spacial score (nSPS) is 17.6. The first kappa shape index (κ1) is 12.8. The van der Waals surface area contributed by atoms with E-state index in [0.29, 0.717) is 12.5 Å². The first-order valence-electron chi connectivity index (χ1n) is 6.17. The Morgan fingerprint density at radius 3 is 2.83 bits per heavy atom. The van der Waals surface area contributed by atoms with Crippen LogP contribution in [0.1, 0.15) is 23.3 Å². The Hall–Kier alpha value is -1.69. The van der Waals surface area contributed by atoms with Gasteiger partial charge >= 0.3 is 0 Å². The van der Waals surface area contributed by atoms with E-state index < -0.39 is 0 Å². The van der Waals surface area contributed by atoms with Gasteiger partial charge in [-0.3, -0.25) is 9.59 Å². The highest BCUT2D eigenvalue weighted by molar-refractivity contribution is 5.91. The summed E-state index contributed by atoms with van der Waals surface area (Å²) < 4.78 is 0. The Morgan fingerprint density at radius 1 is 1.50 bits per heavy atom. The first-order chi connectivity index (χ1) is 8.65. The number of hydrogen-bond donors (Lipinski definition) is 2. The molecule has 1 saturated heterocycles. The molecule has 0 unspecified atom stereocenters. The van der Waals surface area contributed by atoms with Crippen molar-refractivity contribution in [2.45, 2.75) is 12.8 Å². The molecule has 2 N–H and O–H groups in total. The summed E-state index contributed by atoms with van der Waals surface area (Å²) in [5.74, 6) is 0.304. The second-order valence-electron chi connectivity index (χ2n) is 4.76. The van der Waals surface area contributed by atoms with Crippen LogP contribution in [0.25, 0.3) is 0 Å². The summed E-state index contributed by atoms with van der Waals surface area (Å²) in [7, 11) is 2.11. The number of piperidine rings is 1. The molecule has 0 aliphatic carbocycles. The molecule has 18 heavy (non-hydrogen) atoms. The molecule has 6 heteroatoms. The molecule has 1 aromatic heterocycles. The van der Waals surface area contributed by atoms with E-state index in [1.54, 1.807) is 0 Å². The highest BCUT2D eigenvalue weighted by atomic mass is 16.2. The van der Waals surface area contributed by atoms with Crippen LogP contribution in [0.4, 0.5) is 0 Å². The standard InChI is InChI=1S/C12H18N4O2/c1-16-6-4-9(5-7-16)8-13-12(18)10-2-3-11(17)15-14-10/h2-3,9H,4-8H2,1H3,(H,13,18)(H,15,17). The summed E-state index contributed by atoms with van der Waals surface area (Å²) in [4.78, 5) is 24.9. The monoisotopic (exact) mass is 250 g/mol. The van der Waals surface area contributed by atoms with Crippen molar-refractivity contribution in [1.82, 2.24) is 20.4 Å². The fourth-order valence-corrected chi connectivity index (χ4v) is 2.06. The van der Waals surface area contributed by atoms with Crippen LogP contribution in [0.15, 0.2) is 16.9 Å². The molecular formula is C12H18N4O2. The predicted octanol–water partition coefficient (Wildman–Crippen LogP) is -0.158. The molecule has 98 valence electrons. The fraction of sp³-hybridized carbons (Fsp3) is 0.583. The molecule has 0 atom stereocenters. The van der Waals surface area contributed by atoms with Crippen LogP contribution in [0, 0.1) is 5.92 Å². The second kappa shape index (κ2) is 5.77. The van der Waals surface area contributed by atoms with E-state index in [-0.39, 0.29) is 17.2 Å². The smallest absolute Gasteiger partial charge is 0.271 e. The predicted molar refractivity (Wildman–Crippen MR) is 67.4 cm³/mol. The second-order valence-corrected chi connectivity index (χ2v) is 4.76. The first-order valence-corrected chi connectivity index (χ1v) is 6.17. The third kappa shape index (κ3) is 3.40. The van der Waals surface area contributed by atoms with E-state index >= 15 is 0 Å². The molecule has 0 radical (unpaired) electrons. The molecule has 1 aliphatic heterocycles. The molecular weight excluding hydrogens is 232 g/mol. The highest BCUT2D eigenvalue weighted by Crippen LogP contribution is 2.14.